The van der Waals surface area contributed by atoms with Crippen molar-refractivity contribution in [2.75, 3.05) is 0 Å². The van der Waals surface area contributed by atoms with Crippen molar-refractivity contribution in [3.8, 4) is 0 Å². The Balaban J connectivity index is 2.00. The lowest BCUT2D eigenvalue weighted by Gasteiger charge is -2.42. The molecule has 2 aliphatic carbocycles. The largest absolute Gasteiger partial charge is 0.327 e. The SMILES string of the molecule is CC1(C)CCC(N)C(C2CCCC2)C1. The van der Waals surface area contributed by atoms with E-state index in [0.29, 0.717) is 11.5 Å². The van der Waals surface area contributed by atoms with Crippen LogP contribution in [0.25, 0.3) is 0 Å². The summed E-state index contributed by atoms with van der Waals surface area (Å²) >= 11 is 0. The Hall–Kier alpha value is -0.0400. The first-order valence-electron chi connectivity index (χ1n) is 6.34. The van der Waals surface area contributed by atoms with Crippen molar-refractivity contribution >= 4 is 0 Å². The lowest BCUT2D eigenvalue weighted by molar-refractivity contribution is 0.114. The molecule has 2 aliphatic rings. The molecule has 0 aromatic carbocycles. The summed E-state index contributed by atoms with van der Waals surface area (Å²) in [5, 5.41) is 0. The lowest BCUT2D eigenvalue weighted by Crippen LogP contribution is -2.42. The fourth-order valence-electron chi connectivity index (χ4n) is 3.56. The molecule has 0 amide bonds. The van der Waals surface area contributed by atoms with Gasteiger partial charge in [0.1, 0.15) is 0 Å². The molecule has 0 aliphatic heterocycles. The van der Waals surface area contributed by atoms with Gasteiger partial charge in [-0.3, -0.25) is 0 Å². The van der Waals surface area contributed by atoms with Gasteiger partial charge >= 0.3 is 0 Å². The molecule has 0 heterocycles. The zero-order chi connectivity index (χ0) is 10.2. The Kier molecular flexibility index (Phi) is 2.88. The van der Waals surface area contributed by atoms with E-state index in [2.05, 4.69) is 13.8 Å². The van der Waals surface area contributed by atoms with Gasteiger partial charge < -0.3 is 5.73 Å². The summed E-state index contributed by atoms with van der Waals surface area (Å²) in [6.07, 6.45) is 9.77. The van der Waals surface area contributed by atoms with Gasteiger partial charge in [-0.05, 0) is 36.5 Å². The summed E-state index contributed by atoms with van der Waals surface area (Å²) in [7, 11) is 0. The van der Waals surface area contributed by atoms with Gasteiger partial charge in [-0.15, -0.1) is 0 Å². The van der Waals surface area contributed by atoms with E-state index in [4.69, 9.17) is 5.73 Å². The second-order valence-electron chi connectivity index (χ2n) is 6.28. The topological polar surface area (TPSA) is 26.0 Å². The highest BCUT2D eigenvalue weighted by Gasteiger charge is 2.37. The predicted molar refractivity (Wildman–Crippen MR) is 61.1 cm³/mol. The van der Waals surface area contributed by atoms with Crippen molar-refractivity contribution in [3.05, 3.63) is 0 Å². The standard InChI is InChI=1S/C13H25N/c1-13(2)8-7-12(14)11(9-13)10-5-3-4-6-10/h10-12H,3-9,14H2,1-2H3. The molecule has 2 fully saturated rings. The highest BCUT2D eigenvalue weighted by atomic mass is 14.7. The summed E-state index contributed by atoms with van der Waals surface area (Å²) in [6.45, 7) is 4.83. The maximum Gasteiger partial charge on any atom is 0.00702 e. The summed E-state index contributed by atoms with van der Waals surface area (Å²) in [5.74, 6) is 1.80. The Morgan fingerprint density at radius 3 is 2.36 bits per heavy atom. The number of hydrogen-bond acceptors (Lipinski definition) is 1. The van der Waals surface area contributed by atoms with Crippen LogP contribution < -0.4 is 5.73 Å². The third-order valence-electron chi connectivity index (χ3n) is 4.50. The summed E-state index contributed by atoms with van der Waals surface area (Å²) in [4.78, 5) is 0. The Morgan fingerprint density at radius 2 is 1.71 bits per heavy atom. The molecular formula is C13H25N. The first-order valence-corrected chi connectivity index (χ1v) is 6.34. The van der Waals surface area contributed by atoms with Crippen LogP contribution in [0.15, 0.2) is 0 Å². The summed E-state index contributed by atoms with van der Waals surface area (Å²) in [6, 6.07) is 0.506. The monoisotopic (exact) mass is 195 g/mol. The summed E-state index contributed by atoms with van der Waals surface area (Å²) in [5.41, 5.74) is 6.84. The van der Waals surface area contributed by atoms with Crippen LogP contribution in [0.3, 0.4) is 0 Å². The molecule has 1 nitrogen and oxygen atoms in total. The number of nitrogens with two attached hydrogens (primary N) is 1. The van der Waals surface area contributed by atoms with Gasteiger partial charge in [0.05, 0.1) is 0 Å². The van der Waals surface area contributed by atoms with Gasteiger partial charge in [0.15, 0.2) is 0 Å². The van der Waals surface area contributed by atoms with Crippen molar-refractivity contribution in [1.29, 1.82) is 0 Å². The minimum absolute atomic E-state index is 0.506. The van der Waals surface area contributed by atoms with Gasteiger partial charge in [0.25, 0.3) is 0 Å². The van der Waals surface area contributed by atoms with Crippen LogP contribution in [0.4, 0.5) is 0 Å². The van der Waals surface area contributed by atoms with Gasteiger partial charge in [-0.25, -0.2) is 0 Å². The van der Waals surface area contributed by atoms with Crippen LogP contribution in [-0.2, 0) is 0 Å². The van der Waals surface area contributed by atoms with Crippen molar-refractivity contribution in [1.82, 2.24) is 0 Å². The zero-order valence-electron chi connectivity index (χ0n) is 9.76. The van der Waals surface area contributed by atoms with Crippen LogP contribution in [-0.4, -0.2) is 6.04 Å². The fourth-order valence-corrected chi connectivity index (χ4v) is 3.56. The van der Waals surface area contributed by atoms with E-state index in [-0.39, 0.29) is 0 Å². The average molecular weight is 195 g/mol. The zero-order valence-corrected chi connectivity index (χ0v) is 9.76. The molecule has 0 aromatic rings. The van der Waals surface area contributed by atoms with Crippen molar-refractivity contribution in [2.45, 2.75) is 64.8 Å². The molecule has 2 saturated carbocycles. The Labute approximate surface area is 88.4 Å². The second kappa shape index (κ2) is 3.84. The highest BCUT2D eigenvalue weighted by Crippen LogP contribution is 2.45. The van der Waals surface area contributed by atoms with Crippen LogP contribution >= 0.6 is 0 Å². The molecule has 82 valence electrons. The minimum atomic E-state index is 0.506. The van der Waals surface area contributed by atoms with Crippen LogP contribution in [0, 0.1) is 17.3 Å². The van der Waals surface area contributed by atoms with E-state index in [1.807, 2.05) is 0 Å². The first-order chi connectivity index (χ1) is 6.58. The molecule has 1 heteroatoms. The van der Waals surface area contributed by atoms with Gasteiger partial charge in [-0.2, -0.15) is 0 Å². The molecule has 2 N–H and O–H groups in total. The van der Waals surface area contributed by atoms with Crippen LogP contribution in [0.5, 0.6) is 0 Å². The molecule has 2 atom stereocenters. The molecule has 2 unspecified atom stereocenters. The number of rotatable bonds is 1. The molecule has 2 rings (SSSR count). The summed E-state index contributed by atoms with van der Waals surface area (Å²) < 4.78 is 0. The van der Waals surface area contributed by atoms with Gasteiger partial charge in [0.2, 0.25) is 0 Å². The van der Waals surface area contributed by atoms with E-state index < -0.39 is 0 Å². The van der Waals surface area contributed by atoms with Crippen molar-refractivity contribution < 1.29 is 0 Å². The lowest BCUT2D eigenvalue weighted by atomic mass is 9.66. The van der Waals surface area contributed by atoms with E-state index in [0.717, 1.165) is 11.8 Å². The third kappa shape index (κ3) is 2.13. The van der Waals surface area contributed by atoms with E-state index in [9.17, 15) is 0 Å². The van der Waals surface area contributed by atoms with E-state index >= 15 is 0 Å². The molecule has 0 saturated heterocycles. The fraction of sp³-hybridized carbons (Fsp3) is 1.00. The van der Waals surface area contributed by atoms with Crippen LogP contribution in [0.2, 0.25) is 0 Å². The van der Waals surface area contributed by atoms with E-state index in [1.165, 1.54) is 44.9 Å². The maximum atomic E-state index is 6.28. The minimum Gasteiger partial charge on any atom is -0.327 e. The molecule has 0 bridgehead atoms. The van der Waals surface area contributed by atoms with E-state index in [1.54, 1.807) is 0 Å². The quantitative estimate of drug-likeness (QED) is 0.682. The molecule has 0 aromatic heterocycles. The Morgan fingerprint density at radius 1 is 1.07 bits per heavy atom. The Bertz CT molecular complexity index is 191. The first kappa shape index (κ1) is 10.5. The van der Waals surface area contributed by atoms with Gasteiger partial charge in [-0.1, -0.05) is 39.5 Å². The third-order valence-corrected chi connectivity index (χ3v) is 4.50. The average Bonchev–Trinajstić information content (AvgIpc) is 2.62. The maximum absolute atomic E-state index is 6.28. The smallest absolute Gasteiger partial charge is 0.00702 e. The van der Waals surface area contributed by atoms with Crippen molar-refractivity contribution in [3.63, 3.8) is 0 Å². The predicted octanol–water partition coefficient (Wildman–Crippen LogP) is 3.33. The molecule has 0 radical (unpaired) electrons. The second-order valence-corrected chi connectivity index (χ2v) is 6.28. The highest BCUT2D eigenvalue weighted by molar-refractivity contribution is 4.91. The molecule has 0 spiro atoms. The number of hydrogen-bond donors (Lipinski definition) is 1. The van der Waals surface area contributed by atoms with Crippen molar-refractivity contribution in [2.24, 2.45) is 23.0 Å². The van der Waals surface area contributed by atoms with Gasteiger partial charge in [0, 0.05) is 6.04 Å². The molecular weight excluding hydrogens is 170 g/mol. The molecule has 14 heavy (non-hydrogen) atoms. The normalized spacial score (nSPS) is 38.8. The van der Waals surface area contributed by atoms with Crippen LogP contribution in [0.1, 0.15) is 58.8 Å².